The summed E-state index contributed by atoms with van der Waals surface area (Å²) < 4.78 is 5.65. The van der Waals surface area contributed by atoms with Crippen molar-refractivity contribution in [2.45, 2.75) is 6.42 Å². The first kappa shape index (κ1) is 9.21. The predicted octanol–water partition coefficient (Wildman–Crippen LogP) is 1.93. The van der Waals surface area contributed by atoms with Gasteiger partial charge in [-0.3, -0.25) is 0 Å². The zero-order valence-corrected chi connectivity index (χ0v) is 8.43. The molecule has 2 rings (SSSR count). The Hall–Kier alpha value is -1.35. The van der Waals surface area contributed by atoms with E-state index in [0.29, 0.717) is 6.54 Å². The summed E-state index contributed by atoms with van der Waals surface area (Å²) in [5.74, 6) is 1.84. The van der Waals surface area contributed by atoms with Crippen molar-refractivity contribution in [1.29, 1.82) is 0 Å². The minimum Gasteiger partial charge on any atom is -0.460 e. The Kier molecular flexibility index (Phi) is 2.79. The van der Waals surface area contributed by atoms with E-state index < -0.39 is 0 Å². The molecule has 0 unspecified atom stereocenters. The van der Waals surface area contributed by atoms with Crippen LogP contribution in [0.3, 0.4) is 0 Å². The minimum atomic E-state index is 0.609. The number of rotatable bonds is 3. The Labute approximate surface area is 88.6 Å². The van der Waals surface area contributed by atoms with E-state index in [2.05, 4.69) is 35.2 Å². The van der Waals surface area contributed by atoms with Crippen LogP contribution in [-0.4, -0.2) is 12.0 Å². The summed E-state index contributed by atoms with van der Waals surface area (Å²) >= 11 is 4.55. The predicted molar refractivity (Wildman–Crippen MR) is 59.5 cm³/mol. The number of benzene rings is 1. The molecule has 1 aromatic rings. The Morgan fingerprint density at radius 1 is 1.43 bits per heavy atom. The number of ether oxygens (including phenoxy) is 1. The number of thiocarbonyl (C=S) groups is 1. The highest BCUT2D eigenvalue weighted by Crippen LogP contribution is 2.25. The second-order valence-electron chi connectivity index (χ2n) is 3.04. The molecular formula is C11H10NOS. The molecule has 71 valence electrons. The van der Waals surface area contributed by atoms with Crippen LogP contribution in [0, 0.1) is 0 Å². The van der Waals surface area contributed by atoms with Gasteiger partial charge in [0.2, 0.25) is 0 Å². The molecule has 0 aliphatic carbocycles. The summed E-state index contributed by atoms with van der Waals surface area (Å²) in [6.07, 6.45) is 2.98. The number of allylic oxidation sites excluding steroid dienone is 1. The van der Waals surface area contributed by atoms with E-state index in [9.17, 15) is 0 Å². The summed E-state index contributed by atoms with van der Waals surface area (Å²) in [5.41, 5.74) is 3.68. The molecule has 1 aromatic carbocycles. The van der Waals surface area contributed by atoms with Crippen LogP contribution >= 0.6 is 12.2 Å². The molecule has 1 aliphatic heterocycles. The largest absolute Gasteiger partial charge is 0.460 e. The van der Waals surface area contributed by atoms with E-state index in [1.54, 1.807) is 0 Å². The van der Waals surface area contributed by atoms with Crippen LogP contribution in [0.5, 0.6) is 5.75 Å². The van der Waals surface area contributed by atoms with E-state index in [1.165, 1.54) is 5.56 Å². The first-order chi connectivity index (χ1) is 6.90. The number of para-hydroxylation sites is 1. The highest BCUT2D eigenvalue weighted by Gasteiger charge is 2.10. The monoisotopic (exact) mass is 204 g/mol. The molecule has 1 heterocycles. The van der Waals surface area contributed by atoms with E-state index in [0.717, 1.165) is 17.9 Å². The van der Waals surface area contributed by atoms with Gasteiger partial charge < -0.3 is 10.1 Å². The van der Waals surface area contributed by atoms with Gasteiger partial charge in [-0.05, 0) is 24.1 Å². The van der Waals surface area contributed by atoms with Gasteiger partial charge in [0.25, 0.3) is 0 Å². The van der Waals surface area contributed by atoms with Crippen molar-refractivity contribution < 1.29 is 4.74 Å². The lowest BCUT2D eigenvalue weighted by molar-refractivity contribution is 0.398. The molecule has 1 aliphatic rings. The highest BCUT2D eigenvalue weighted by molar-refractivity contribution is 7.78. The third kappa shape index (κ3) is 1.93. The van der Waals surface area contributed by atoms with Gasteiger partial charge in [-0.25, -0.2) is 0 Å². The topological polar surface area (TPSA) is 21.3 Å². The van der Waals surface area contributed by atoms with Gasteiger partial charge >= 0.3 is 0 Å². The lowest BCUT2D eigenvalue weighted by atomic mass is 10.1. The highest BCUT2D eigenvalue weighted by atomic mass is 32.1. The van der Waals surface area contributed by atoms with E-state index in [1.807, 2.05) is 18.2 Å². The fourth-order valence-corrected chi connectivity index (χ4v) is 1.48. The quantitative estimate of drug-likeness (QED) is 0.600. The summed E-state index contributed by atoms with van der Waals surface area (Å²) in [5, 5.41) is 2.82. The van der Waals surface area contributed by atoms with Gasteiger partial charge in [-0.2, -0.15) is 0 Å². The molecule has 0 saturated carbocycles. The van der Waals surface area contributed by atoms with E-state index in [4.69, 9.17) is 4.74 Å². The van der Waals surface area contributed by atoms with E-state index in [-0.39, 0.29) is 0 Å². The molecule has 0 fully saturated rings. The minimum absolute atomic E-state index is 0.609. The average Bonchev–Trinajstić information content (AvgIpc) is 2.26. The molecule has 1 N–H and O–H groups in total. The van der Waals surface area contributed by atoms with Crippen molar-refractivity contribution >= 4 is 17.7 Å². The maximum atomic E-state index is 5.65. The third-order valence-corrected chi connectivity index (χ3v) is 2.24. The fraction of sp³-hybridized carbons (Fsp3) is 0.182. The Bertz CT molecular complexity index is 373. The first-order valence-corrected chi connectivity index (χ1v) is 4.86. The Balaban J connectivity index is 2.09. The van der Waals surface area contributed by atoms with Crippen LogP contribution in [0.4, 0.5) is 0 Å². The molecule has 2 nitrogen and oxygen atoms in total. The zero-order chi connectivity index (χ0) is 9.80. The zero-order valence-electron chi connectivity index (χ0n) is 7.62. The molecule has 0 atom stereocenters. The average molecular weight is 204 g/mol. The van der Waals surface area contributed by atoms with Crippen LogP contribution in [0.25, 0.3) is 0 Å². The maximum absolute atomic E-state index is 5.65. The molecule has 14 heavy (non-hydrogen) atoms. The van der Waals surface area contributed by atoms with Crippen molar-refractivity contribution in [3.05, 3.63) is 41.7 Å². The molecule has 0 aromatic heterocycles. The van der Waals surface area contributed by atoms with Gasteiger partial charge in [0.05, 0.1) is 6.54 Å². The summed E-state index contributed by atoms with van der Waals surface area (Å²) in [6, 6.07) is 8.04. The standard InChI is InChI=1S/C11H10NOS/c14-8-12-7-10-6-5-9-3-1-2-4-11(9)13-10/h1-4,6H,5,7H2,(H,12,14). The molecule has 0 saturated heterocycles. The maximum Gasteiger partial charge on any atom is 0.134 e. The van der Waals surface area contributed by atoms with Crippen molar-refractivity contribution in [2.24, 2.45) is 0 Å². The molecule has 0 amide bonds. The number of hydrogen-bond donors (Lipinski definition) is 1. The van der Waals surface area contributed by atoms with Crippen molar-refractivity contribution in [2.75, 3.05) is 6.54 Å². The first-order valence-electron chi connectivity index (χ1n) is 4.45. The van der Waals surface area contributed by atoms with Gasteiger partial charge in [0, 0.05) is 0 Å². The van der Waals surface area contributed by atoms with Crippen LogP contribution in [0.2, 0.25) is 0 Å². The second kappa shape index (κ2) is 4.24. The van der Waals surface area contributed by atoms with Crippen LogP contribution in [0.1, 0.15) is 5.56 Å². The third-order valence-electron chi connectivity index (χ3n) is 2.10. The van der Waals surface area contributed by atoms with Crippen molar-refractivity contribution in [3.8, 4) is 5.75 Å². The summed E-state index contributed by atoms with van der Waals surface area (Å²) in [7, 11) is 0. The smallest absolute Gasteiger partial charge is 0.134 e. The Morgan fingerprint density at radius 3 is 3.14 bits per heavy atom. The van der Waals surface area contributed by atoms with Gasteiger partial charge in [-0.1, -0.05) is 30.4 Å². The van der Waals surface area contributed by atoms with Gasteiger partial charge in [0.15, 0.2) is 0 Å². The van der Waals surface area contributed by atoms with Gasteiger partial charge in [0.1, 0.15) is 17.0 Å². The lowest BCUT2D eigenvalue weighted by Gasteiger charge is -2.17. The van der Waals surface area contributed by atoms with E-state index >= 15 is 0 Å². The van der Waals surface area contributed by atoms with Crippen molar-refractivity contribution in [3.63, 3.8) is 0 Å². The molecule has 0 bridgehead atoms. The van der Waals surface area contributed by atoms with Crippen LogP contribution in [-0.2, 0) is 6.42 Å². The molecular weight excluding hydrogens is 194 g/mol. The van der Waals surface area contributed by atoms with Crippen molar-refractivity contribution in [1.82, 2.24) is 5.32 Å². The number of fused-ring (bicyclic) bond motifs is 1. The molecule has 0 spiro atoms. The Morgan fingerprint density at radius 2 is 2.29 bits per heavy atom. The lowest BCUT2D eigenvalue weighted by Crippen LogP contribution is -2.19. The summed E-state index contributed by atoms with van der Waals surface area (Å²) in [4.78, 5) is 0. The van der Waals surface area contributed by atoms with Crippen LogP contribution < -0.4 is 10.1 Å². The van der Waals surface area contributed by atoms with Crippen LogP contribution in [0.15, 0.2) is 36.1 Å². The SMILES string of the molecule is S=[C]NCC1=CCc2ccccc2O1. The fourth-order valence-electron chi connectivity index (χ4n) is 1.41. The summed E-state index contributed by atoms with van der Waals surface area (Å²) in [6.45, 7) is 0.609. The molecule has 1 radical (unpaired) electrons. The molecule has 3 heteroatoms. The number of nitrogens with one attached hydrogen (secondary N) is 1. The normalized spacial score (nSPS) is 13.6. The number of hydrogen-bond acceptors (Lipinski definition) is 2. The van der Waals surface area contributed by atoms with Gasteiger partial charge in [-0.15, -0.1) is 0 Å². The second-order valence-corrected chi connectivity index (χ2v) is 3.24.